The molecule has 0 bridgehead atoms. The first-order valence-electron chi connectivity index (χ1n) is 5.36. The van der Waals surface area contributed by atoms with Crippen LogP contribution in [0.4, 0.5) is 5.69 Å². The first-order chi connectivity index (χ1) is 6.99. The van der Waals surface area contributed by atoms with E-state index in [1.54, 1.807) is 0 Å². The molecule has 1 N–H and O–H groups in total. The molecule has 1 atom stereocenters. The smallest absolute Gasteiger partial charge is 0.228 e. The van der Waals surface area contributed by atoms with Crippen molar-refractivity contribution in [3.63, 3.8) is 0 Å². The fourth-order valence-corrected chi connectivity index (χ4v) is 1.78. The predicted molar refractivity (Wildman–Crippen MR) is 61.7 cm³/mol. The minimum atomic E-state index is 0.156. The minimum absolute atomic E-state index is 0.156. The van der Waals surface area contributed by atoms with Crippen LogP contribution in [0.5, 0.6) is 0 Å². The van der Waals surface area contributed by atoms with Crippen molar-refractivity contribution in [2.24, 2.45) is 11.3 Å². The van der Waals surface area contributed by atoms with Crippen LogP contribution in [0.15, 0.2) is 24.3 Å². The number of benzene rings is 1. The monoisotopic (exact) mass is 203 g/mol. The molecule has 1 amide bonds. The first kappa shape index (κ1) is 10.2. The summed E-state index contributed by atoms with van der Waals surface area (Å²) in [6.07, 6.45) is 1.00. The van der Waals surface area contributed by atoms with Gasteiger partial charge >= 0.3 is 0 Å². The summed E-state index contributed by atoms with van der Waals surface area (Å²) in [7, 11) is 0. The molecular weight excluding hydrogens is 186 g/mol. The average Bonchev–Trinajstić information content (AvgIpc) is 2.79. The van der Waals surface area contributed by atoms with Crippen molar-refractivity contribution in [2.45, 2.75) is 27.2 Å². The molecule has 1 aliphatic carbocycles. The van der Waals surface area contributed by atoms with Crippen LogP contribution in [0.25, 0.3) is 0 Å². The van der Waals surface area contributed by atoms with E-state index in [1.165, 1.54) is 5.56 Å². The number of rotatable bonds is 2. The molecule has 2 heteroatoms. The maximum Gasteiger partial charge on any atom is 0.228 e. The third-order valence-electron chi connectivity index (χ3n) is 3.15. The highest BCUT2D eigenvalue weighted by molar-refractivity contribution is 5.94. The lowest BCUT2D eigenvalue weighted by Crippen LogP contribution is -2.16. The number of hydrogen-bond donors (Lipinski definition) is 1. The summed E-state index contributed by atoms with van der Waals surface area (Å²) in [5.41, 5.74) is 2.31. The number of hydrogen-bond acceptors (Lipinski definition) is 1. The molecule has 1 aromatic rings. The maximum absolute atomic E-state index is 11.8. The van der Waals surface area contributed by atoms with Gasteiger partial charge in [-0.05, 0) is 30.9 Å². The molecule has 15 heavy (non-hydrogen) atoms. The van der Waals surface area contributed by atoms with Crippen LogP contribution in [-0.2, 0) is 4.79 Å². The second-order valence-corrected chi connectivity index (χ2v) is 5.10. The number of carbonyl (C=O) groups excluding carboxylic acids is 1. The Morgan fingerprint density at radius 3 is 2.33 bits per heavy atom. The topological polar surface area (TPSA) is 29.1 Å². The van der Waals surface area contributed by atoms with E-state index in [1.807, 2.05) is 31.2 Å². The number of aryl methyl sites for hydroxylation is 1. The van der Waals surface area contributed by atoms with Gasteiger partial charge in [0, 0.05) is 11.6 Å². The van der Waals surface area contributed by atoms with Gasteiger partial charge in [-0.2, -0.15) is 0 Å². The highest BCUT2D eigenvalue weighted by Gasteiger charge is 2.50. The Hall–Kier alpha value is -1.31. The van der Waals surface area contributed by atoms with Crippen molar-refractivity contribution in [3.05, 3.63) is 29.8 Å². The zero-order valence-electron chi connectivity index (χ0n) is 9.50. The van der Waals surface area contributed by atoms with Crippen molar-refractivity contribution < 1.29 is 4.79 Å². The Morgan fingerprint density at radius 2 is 1.87 bits per heavy atom. The van der Waals surface area contributed by atoms with E-state index in [9.17, 15) is 4.79 Å². The summed E-state index contributed by atoms with van der Waals surface area (Å²) in [6.45, 7) is 6.30. The molecule has 0 heterocycles. The summed E-state index contributed by atoms with van der Waals surface area (Å²) in [6, 6.07) is 7.91. The van der Waals surface area contributed by atoms with Crippen LogP contribution in [-0.4, -0.2) is 5.91 Å². The summed E-state index contributed by atoms with van der Waals surface area (Å²) < 4.78 is 0. The van der Waals surface area contributed by atoms with Gasteiger partial charge in [-0.25, -0.2) is 0 Å². The Bertz CT molecular complexity index is 378. The normalized spacial score (nSPS) is 22.2. The third-order valence-corrected chi connectivity index (χ3v) is 3.15. The molecule has 0 aromatic heterocycles. The lowest BCUT2D eigenvalue weighted by atomic mass is 10.1. The summed E-state index contributed by atoms with van der Waals surface area (Å²) >= 11 is 0. The van der Waals surface area contributed by atoms with E-state index in [4.69, 9.17) is 0 Å². The molecule has 2 nitrogen and oxygen atoms in total. The van der Waals surface area contributed by atoms with Crippen molar-refractivity contribution in [2.75, 3.05) is 5.32 Å². The Labute approximate surface area is 90.7 Å². The van der Waals surface area contributed by atoms with Gasteiger partial charge in [-0.1, -0.05) is 31.5 Å². The van der Waals surface area contributed by atoms with Crippen molar-refractivity contribution in [1.29, 1.82) is 0 Å². The molecular formula is C13H17NO. The van der Waals surface area contributed by atoms with Crippen LogP contribution >= 0.6 is 0 Å². The molecule has 0 saturated heterocycles. The molecule has 1 aromatic carbocycles. The van der Waals surface area contributed by atoms with Crippen LogP contribution in [0, 0.1) is 18.3 Å². The minimum Gasteiger partial charge on any atom is -0.326 e. The van der Waals surface area contributed by atoms with Gasteiger partial charge < -0.3 is 5.32 Å². The van der Waals surface area contributed by atoms with Gasteiger partial charge in [-0.3, -0.25) is 4.79 Å². The molecule has 0 unspecified atom stereocenters. The molecule has 0 aliphatic heterocycles. The fourth-order valence-electron chi connectivity index (χ4n) is 1.78. The largest absolute Gasteiger partial charge is 0.326 e. The number of carbonyl (C=O) groups is 1. The maximum atomic E-state index is 11.8. The number of anilines is 1. The van der Waals surface area contributed by atoms with Crippen molar-refractivity contribution in [1.82, 2.24) is 0 Å². The molecule has 1 aliphatic rings. The molecule has 1 fully saturated rings. The first-order valence-corrected chi connectivity index (χ1v) is 5.36. The van der Waals surface area contributed by atoms with Gasteiger partial charge in [0.05, 0.1) is 0 Å². The molecule has 2 rings (SSSR count). The highest BCUT2D eigenvalue weighted by Crippen LogP contribution is 2.51. The Morgan fingerprint density at radius 1 is 1.33 bits per heavy atom. The quantitative estimate of drug-likeness (QED) is 0.786. The van der Waals surface area contributed by atoms with Crippen LogP contribution in [0.3, 0.4) is 0 Å². The van der Waals surface area contributed by atoms with E-state index in [-0.39, 0.29) is 17.2 Å². The van der Waals surface area contributed by atoms with Gasteiger partial charge in [0.25, 0.3) is 0 Å². The third kappa shape index (κ3) is 2.20. The van der Waals surface area contributed by atoms with Crippen LogP contribution < -0.4 is 5.32 Å². The van der Waals surface area contributed by atoms with Gasteiger partial charge in [-0.15, -0.1) is 0 Å². The van der Waals surface area contributed by atoms with E-state index >= 15 is 0 Å². The van der Waals surface area contributed by atoms with Crippen LogP contribution in [0.2, 0.25) is 0 Å². The number of amides is 1. The zero-order valence-corrected chi connectivity index (χ0v) is 9.50. The van der Waals surface area contributed by atoms with Crippen molar-refractivity contribution >= 4 is 11.6 Å². The molecule has 80 valence electrons. The average molecular weight is 203 g/mol. The summed E-state index contributed by atoms with van der Waals surface area (Å²) in [5, 5.41) is 2.95. The lowest BCUT2D eigenvalue weighted by molar-refractivity contribution is -0.117. The van der Waals surface area contributed by atoms with Crippen molar-refractivity contribution in [3.8, 4) is 0 Å². The summed E-state index contributed by atoms with van der Waals surface area (Å²) in [4.78, 5) is 11.8. The lowest BCUT2D eigenvalue weighted by Gasteiger charge is -2.06. The zero-order chi connectivity index (χ0) is 11.1. The molecule has 0 radical (unpaired) electrons. The number of nitrogens with one attached hydrogen (secondary N) is 1. The summed E-state index contributed by atoms with van der Waals surface area (Å²) in [5.74, 6) is 0.350. The van der Waals surface area contributed by atoms with E-state index in [2.05, 4.69) is 19.2 Å². The van der Waals surface area contributed by atoms with E-state index < -0.39 is 0 Å². The van der Waals surface area contributed by atoms with Gasteiger partial charge in [0.2, 0.25) is 5.91 Å². The predicted octanol–water partition coefficient (Wildman–Crippen LogP) is 2.98. The fraction of sp³-hybridized carbons (Fsp3) is 0.462. The second kappa shape index (κ2) is 3.37. The molecule has 1 saturated carbocycles. The highest BCUT2D eigenvalue weighted by atomic mass is 16.2. The Balaban J connectivity index is 1.98. The van der Waals surface area contributed by atoms with E-state index in [0.717, 1.165) is 12.1 Å². The second-order valence-electron chi connectivity index (χ2n) is 5.10. The van der Waals surface area contributed by atoms with Crippen LogP contribution in [0.1, 0.15) is 25.8 Å². The standard InChI is InChI=1S/C13H17NO/c1-9-4-6-10(7-5-9)14-12(15)11-8-13(11,2)3/h4-7,11H,8H2,1-3H3,(H,14,15)/t11-/m0/s1. The Kier molecular flexibility index (Phi) is 2.29. The van der Waals surface area contributed by atoms with Gasteiger partial charge in [0.15, 0.2) is 0 Å². The molecule has 0 spiro atoms. The van der Waals surface area contributed by atoms with E-state index in [0.29, 0.717) is 0 Å². The SMILES string of the molecule is Cc1ccc(NC(=O)[C@@H]2CC2(C)C)cc1. The van der Waals surface area contributed by atoms with Gasteiger partial charge in [0.1, 0.15) is 0 Å².